The Kier molecular flexibility index (Phi) is 6.94. The summed E-state index contributed by atoms with van der Waals surface area (Å²) in [6.45, 7) is 6.59. The monoisotopic (exact) mass is 352 g/mol. The minimum atomic E-state index is -3.64. The summed E-state index contributed by atoms with van der Waals surface area (Å²) >= 11 is 12.2. The largest absolute Gasteiger partial charge is 0.316 e. The lowest BCUT2D eigenvalue weighted by atomic mass is 10.2. The van der Waals surface area contributed by atoms with Crippen LogP contribution < -0.4 is 5.32 Å². The molecule has 0 unspecified atom stereocenters. The van der Waals surface area contributed by atoms with Gasteiger partial charge in [-0.25, -0.2) is 8.42 Å². The van der Waals surface area contributed by atoms with E-state index in [2.05, 4.69) is 5.32 Å². The van der Waals surface area contributed by atoms with E-state index >= 15 is 0 Å². The van der Waals surface area contributed by atoms with E-state index in [-0.39, 0.29) is 16.0 Å². The van der Waals surface area contributed by atoms with Crippen molar-refractivity contribution < 1.29 is 8.42 Å². The van der Waals surface area contributed by atoms with E-state index in [9.17, 15) is 8.42 Å². The number of rotatable bonds is 7. The number of sulfonamides is 1. The van der Waals surface area contributed by atoms with Crippen LogP contribution in [0.5, 0.6) is 0 Å². The van der Waals surface area contributed by atoms with Crippen LogP contribution in [0, 0.1) is 0 Å². The molecule has 0 aliphatic carbocycles. The summed E-state index contributed by atoms with van der Waals surface area (Å²) in [5.74, 6) is 0. The van der Waals surface area contributed by atoms with Gasteiger partial charge in [-0.3, -0.25) is 0 Å². The van der Waals surface area contributed by atoms with Gasteiger partial charge in [-0.15, -0.1) is 0 Å². The molecule has 0 aromatic heterocycles. The fourth-order valence-corrected chi connectivity index (χ4v) is 4.67. The average Bonchev–Trinajstić information content (AvgIpc) is 2.38. The van der Waals surface area contributed by atoms with E-state index in [4.69, 9.17) is 23.2 Å². The highest BCUT2D eigenvalue weighted by molar-refractivity contribution is 7.89. The maximum atomic E-state index is 12.8. The van der Waals surface area contributed by atoms with Crippen molar-refractivity contribution in [2.45, 2.75) is 44.7 Å². The molecule has 0 heterocycles. The summed E-state index contributed by atoms with van der Waals surface area (Å²) in [5.41, 5.74) is 0.711. The van der Waals surface area contributed by atoms with Crippen LogP contribution in [0.2, 0.25) is 10.0 Å². The predicted octanol–water partition coefficient (Wildman–Crippen LogP) is 3.52. The number of hydrogen-bond acceptors (Lipinski definition) is 3. The molecule has 0 atom stereocenters. The second kappa shape index (κ2) is 7.79. The molecule has 0 spiro atoms. The highest BCUT2D eigenvalue weighted by Gasteiger charge is 2.29. The van der Waals surface area contributed by atoms with E-state index in [1.807, 2.05) is 20.8 Å². The maximum absolute atomic E-state index is 12.8. The standard InChI is InChI=1S/C14H22Cl2N2O2S/c1-5-6-18(10(2)3)21(19,20)14-7-11(9-17-4)12(15)8-13(14)16/h7-8,10,17H,5-6,9H2,1-4H3. The molecule has 0 fully saturated rings. The second-order valence-corrected chi connectivity index (χ2v) is 7.79. The van der Waals surface area contributed by atoms with Crippen molar-refractivity contribution in [2.24, 2.45) is 0 Å². The van der Waals surface area contributed by atoms with Crippen molar-refractivity contribution in [3.05, 3.63) is 27.7 Å². The molecule has 0 amide bonds. The fourth-order valence-electron chi connectivity index (χ4n) is 2.10. The Morgan fingerprint density at radius 3 is 2.33 bits per heavy atom. The topological polar surface area (TPSA) is 49.4 Å². The predicted molar refractivity (Wildman–Crippen MR) is 88.5 cm³/mol. The van der Waals surface area contributed by atoms with Gasteiger partial charge in [0.15, 0.2) is 0 Å². The van der Waals surface area contributed by atoms with Crippen LogP contribution in [0.1, 0.15) is 32.8 Å². The third-order valence-electron chi connectivity index (χ3n) is 3.07. The van der Waals surface area contributed by atoms with E-state index in [0.717, 1.165) is 6.42 Å². The van der Waals surface area contributed by atoms with Gasteiger partial charge in [0.2, 0.25) is 10.0 Å². The molecule has 1 aromatic rings. The Morgan fingerprint density at radius 2 is 1.86 bits per heavy atom. The molecular formula is C14H22Cl2N2O2S. The van der Waals surface area contributed by atoms with Crippen LogP contribution in [0.3, 0.4) is 0 Å². The first kappa shape index (κ1) is 18.7. The Hall–Kier alpha value is -0.330. The molecular weight excluding hydrogens is 331 g/mol. The van der Waals surface area contributed by atoms with Crippen LogP contribution in [0.15, 0.2) is 17.0 Å². The van der Waals surface area contributed by atoms with E-state index in [1.165, 1.54) is 10.4 Å². The van der Waals surface area contributed by atoms with E-state index < -0.39 is 10.0 Å². The lowest BCUT2D eigenvalue weighted by molar-refractivity contribution is 0.354. The van der Waals surface area contributed by atoms with Crippen LogP contribution in [-0.2, 0) is 16.6 Å². The zero-order valence-corrected chi connectivity index (χ0v) is 15.1. The molecule has 7 heteroatoms. The Morgan fingerprint density at radius 1 is 1.24 bits per heavy atom. The highest BCUT2D eigenvalue weighted by atomic mass is 35.5. The third-order valence-corrected chi connectivity index (χ3v) is 5.97. The van der Waals surface area contributed by atoms with E-state index in [0.29, 0.717) is 23.7 Å². The van der Waals surface area contributed by atoms with Crippen molar-refractivity contribution in [1.29, 1.82) is 0 Å². The van der Waals surface area contributed by atoms with Crippen LogP contribution in [0.25, 0.3) is 0 Å². The second-order valence-electron chi connectivity index (χ2n) is 5.11. The lowest BCUT2D eigenvalue weighted by Gasteiger charge is -2.26. The first-order valence-corrected chi connectivity index (χ1v) is 9.09. The van der Waals surface area contributed by atoms with Gasteiger partial charge < -0.3 is 5.32 Å². The number of nitrogens with zero attached hydrogens (tertiary/aromatic N) is 1. The number of halogens is 2. The third kappa shape index (κ3) is 4.33. The zero-order chi connectivity index (χ0) is 16.2. The van der Waals surface area contributed by atoms with Gasteiger partial charge in [-0.05, 0) is 45.0 Å². The summed E-state index contributed by atoms with van der Waals surface area (Å²) in [6, 6.07) is 2.92. The van der Waals surface area contributed by atoms with E-state index in [1.54, 1.807) is 13.1 Å². The molecule has 0 saturated carbocycles. The molecule has 120 valence electrons. The van der Waals surface area contributed by atoms with Gasteiger partial charge >= 0.3 is 0 Å². The van der Waals surface area contributed by atoms with Crippen molar-refractivity contribution in [2.75, 3.05) is 13.6 Å². The quantitative estimate of drug-likeness (QED) is 0.816. The maximum Gasteiger partial charge on any atom is 0.244 e. The molecule has 0 saturated heterocycles. The minimum absolute atomic E-state index is 0.112. The summed E-state index contributed by atoms with van der Waals surface area (Å²) in [7, 11) is -1.86. The fraction of sp³-hybridized carbons (Fsp3) is 0.571. The van der Waals surface area contributed by atoms with Gasteiger partial charge in [0.1, 0.15) is 4.90 Å². The summed E-state index contributed by atoms with van der Waals surface area (Å²) in [5, 5.41) is 3.58. The molecule has 1 aromatic carbocycles. The molecule has 1 N–H and O–H groups in total. The summed E-state index contributed by atoms with van der Waals surface area (Å²) in [6.07, 6.45) is 0.742. The van der Waals surface area contributed by atoms with Crippen LogP contribution in [0.4, 0.5) is 0 Å². The number of hydrogen-bond donors (Lipinski definition) is 1. The van der Waals surface area contributed by atoms with Crippen molar-refractivity contribution >= 4 is 33.2 Å². The van der Waals surface area contributed by atoms with Crippen LogP contribution in [-0.4, -0.2) is 32.4 Å². The van der Waals surface area contributed by atoms with Gasteiger partial charge in [0.05, 0.1) is 5.02 Å². The molecule has 0 radical (unpaired) electrons. The lowest BCUT2D eigenvalue weighted by Crippen LogP contribution is -2.37. The smallest absolute Gasteiger partial charge is 0.244 e. The van der Waals surface area contributed by atoms with Gasteiger partial charge in [0, 0.05) is 24.2 Å². The Labute approximate surface area is 137 Å². The molecule has 21 heavy (non-hydrogen) atoms. The normalized spacial score (nSPS) is 12.4. The summed E-state index contributed by atoms with van der Waals surface area (Å²) in [4.78, 5) is 0.112. The number of benzene rings is 1. The highest BCUT2D eigenvalue weighted by Crippen LogP contribution is 2.31. The zero-order valence-electron chi connectivity index (χ0n) is 12.8. The molecule has 1 rings (SSSR count). The Balaban J connectivity index is 3.39. The average molecular weight is 353 g/mol. The van der Waals surface area contributed by atoms with Gasteiger partial charge in [0.25, 0.3) is 0 Å². The molecule has 4 nitrogen and oxygen atoms in total. The molecule has 0 bridgehead atoms. The van der Waals surface area contributed by atoms with Crippen molar-refractivity contribution in [1.82, 2.24) is 9.62 Å². The summed E-state index contributed by atoms with van der Waals surface area (Å²) < 4.78 is 27.1. The SMILES string of the molecule is CCCN(C(C)C)S(=O)(=O)c1cc(CNC)c(Cl)cc1Cl. The Bertz CT molecular complexity index is 589. The van der Waals surface area contributed by atoms with Gasteiger partial charge in [-0.2, -0.15) is 4.31 Å². The minimum Gasteiger partial charge on any atom is -0.316 e. The van der Waals surface area contributed by atoms with Crippen LogP contribution >= 0.6 is 23.2 Å². The first-order valence-electron chi connectivity index (χ1n) is 6.90. The number of nitrogens with one attached hydrogen (secondary N) is 1. The molecule has 0 aliphatic rings. The van der Waals surface area contributed by atoms with Gasteiger partial charge in [-0.1, -0.05) is 30.1 Å². The first-order chi connectivity index (χ1) is 9.75. The van der Waals surface area contributed by atoms with Crippen molar-refractivity contribution in [3.63, 3.8) is 0 Å². The molecule has 0 aliphatic heterocycles. The van der Waals surface area contributed by atoms with Crippen molar-refractivity contribution in [3.8, 4) is 0 Å².